The van der Waals surface area contributed by atoms with E-state index in [9.17, 15) is 9.50 Å². The molecular weight excluding hydrogens is 379 g/mol. The third-order valence-corrected chi connectivity index (χ3v) is 5.43. The van der Waals surface area contributed by atoms with Crippen LogP contribution in [-0.4, -0.2) is 53.7 Å². The maximum atomic E-state index is 13.1. The molecule has 5 nitrogen and oxygen atoms in total. The fourth-order valence-corrected chi connectivity index (χ4v) is 3.66. The second-order valence-electron chi connectivity index (χ2n) is 7.98. The second kappa shape index (κ2) is 11.1. The molecule has 0 radical (unpaired) electrons. The summed E-state index contributed by atoms with van der Waals surface area (Å²) in [6.45, 7) is 6.95. The Morgan fingerprint density at radius 1 is 1.07 bits per heavy atom. The van der Waals surface area contributed by atoms with Crippen LogP contribution in [-0.2, 0) is 19.6 Å². The molecule has 0 aliphatic carbocycles. The van der Waals surface area contributed by atoms with Gasteiger partial charge in [-0.2, -0.15) is 0 Å². The molecule has 0 unspecified atom stereocenters. The second-order valence-corrected chi connectivity index (χ2v) is 7.98. The minimum absolute atomic E-state index is 0.131. The first-order valence-corrected chi connectivity index (χ1v) is 10.8. The van der Waals surface area contributed by atoms with Crippen LogP contribution in [0.2, 0.25) is 0 Å². The predicted molar refractivity (Wildman–Crippen MR) is 120 cm³/mol. The van der Waals surface area contributed by atoms with Gasteiger partial charge in [0, 0.05) is 39.8 Å². The first-order chi connectivity index (χ1) is 14.5. The molecule has 0 aromatic heterocycles. The molecule has 0 atom stereocenters. The van der Waals surface area contributed by atoms with E-state index in [-0.39, 0.29) is 11.9 Å². The van der Waals surface area contributed by atoms with Crippen molar-refractivity contribution in [1.29, 1.82) is 0 Å². The normalized spacial score (nSPS) is 15.9. The zero-order chi connectivity index (χ0) is 21.3. The largest absolute Gasteiger partial charge is 0.393 e. The molecule has 0 saturated carbocycles. The van der Waals surface area contributed by atoms with Crippen molar-refractivity contribution in [2.45, 2.75) is 45.5 Å². The van der Waals surface area contributed by atoms with Crippen molar-refractivity contribution in [2.24, 2.45) is 4.99 Å². The van der Waals surface area contributed by atoms with E-state index in [0.29, 0.717) is 13.1 Å². The third kappa shape index (κ3) is 6.82. The fraction of sp³-hybridized carbons (Fsp3) is 0.458. The van der Waals surface area contributed by atoms with Crippen molar-refractivity contribution in [3.8, 4) is 0 Å². The van der Waals surface area contributed by atoms with Crippen molar-refractivity contribution in [2.75, 3.05) is 26.7 Å². The van der Waals surface area contributed by atoms with Crippen LogP contribution in [0.5, 0.6) is 0 Å². The maximum absolute atomic E-state index is 13.1. The number of benzene rings is 2. The lowest BCUT2D eigenvalue weighted by Gasteiger charge is -2.29. The van der Waals surface area contributed by atoms with E-state index in [1.54, 1.807) is 12.1 Å². The van der Waals surface area contributed by atoms with Gasteiger partial charge in [-0.3, -0.25) is 4.90 Å². The van der Waals surface area contributed by atoms with Crippen LogP contribution < -0.4 is 5.32 Å². The summed E-state index contributed by atoms with van der Waals surface area (Å²) in [7, 11) is 1.99. The number of rotatable bonds is 7. The lowest BCUT2D eigenvalue weighted by molar-refractivity contribution is 0.0792. The molecule has 1 aliphatic rings. The molecule has 0 amide bonds. The Bertz CT molecular complexity index is 799. The number of guanidine groups is 1. The van der Waals surface area contributed by atoms with Gasteiger partial charge >= 0.3 is 0 Å². The highest BCUT2D eigenvalue weighted by Crippen LogP contribution is 2.15. The molecule has 2 aromatic rings. The highest BCUT2D eigenvalue weighted by Gasteiger charge is 2.16. The van der Waals surface area contributed by atoms with Crippen LogP contribution in [0, 0.1) is 5.82 Å². The number of likely N-dealkylation sites (tertiary alicyclic amines) is 1. The number of aliphatic imine (C=N–C) groups is 1. The van der Waals surface area contributed by atoms with E-state index in [2.05, 4.69) is 46.3 Å². The van der Waals surface area contributed by atoms with Gasteiger partial charge < -0.3 is 15.3 Å². The summed E-state index contributed by atoms with van der Waals surface area (Å²) in [4.78, 5) is 9.22. The Balaban J connectivity index is 1.56. The molecule has 2 aromatic carbocycles. The van der Waals surface area contributed by atoms with Crippen molar-refractivity contribution in [3.05, 3.63) is 71.0 Å². The van der Waals surface area contributed by atoms with Gasteiger partial charge in [-0.05, 0) is 48.6 Å². The Labute approximate surface area is 179 Å². The van der Waals surface area contributed by atoms with E-state index < -0.39 is 0 Å². The molecular formula is C24H33FN4O. The van der Waals surface area contributed by atoms with Gasteiger partial charge in [0.15, 0.2) is 5.96 Å². The summed E-state index contributed by atoms with van der Waals surface area (Å²) < 4.78 is 13.1. The number of nitrogens with zero attached hydrogens (tertiary/aromatic N) is 3. The van der Waals surface area contributed by atoms with E-state index >= 15 is 0 Å². The van der Waals surface area contributed by atoms with Crippen molar-refractivity contribution in [1.82, 2.24) is 15.1 Å². The van der Waals surface area contributed by atoms with E-state index in [1.165, 1.54) is 23.3 Å². The van der Waals surface area contributed by atoms with Crippen LogP contribution in [0.1, 0.15) is 36.5 Å². The highest BCUT2D eigenvalue weighted by atomic mass is 19.1. The van der Waals surface area contributed by atoms with Gasteiger partial charge in [0.1, 0.15) is 5.82 Å². The first-order valence-electron chi connectivity index (χ1n) is 10.8. The summed E-state index contributed by atoms with van der Waals surface area (Å²) in [6, 6.07) is 15.2. The first kappa shape index (κ1) is 22.2. The summed E-state index contributed by atoms with van der Waals surface area (Å²) in [5, 5.41) is 13.0. The number of aliphatic hydroxyl groups is 1. The van der Waals surface area contributed by atoms with Crippen molar-refractivity contribution < 1.29 is 9.50 Å². The Hall–Kier alpha value is -2.44. The van der Waals surface area contributed by atoms with Crippen molar-refractivity contribution >= 4 is 5.96 Å². The lowest BCUT2D eigenvalue weighted by atomic mass is 10.1. The van der Waals surface area contributed by atoms with E-state index in [0.717, 1.165) is 50.5 Å². The molecule has 6 heteroatoms. The maximum Gasteiger partial charge on any atom is 0.194 e. The molecule has 0 spiro atoms. The van der Waals surface area contributed by atoms with Crippen LogP contribution in [0.4, 0.5) is 4.39 Å². The van der Waals surface area contributed by atoms with Crippen LogP contribution >= 0.6 is 0 Å². The summed E-state index contributed by atoms with van der Waals surface area (Å²) in [5.74, 6) is 0.612. The molecule has 0 bridgehead atoms. The van der Waals surface area contributed by atoms with Crippen LogP contribution in [0.3, 0.4) is 0 Å². The zero-order valence-corrected chi connectivity index (χ0v) is 18.0. The predicted octanol–water partition coefficient (Wildman–Crippen LogP) is 3.38. The quantitative estimate of drug-likeness (QED) is 0.541. The minimum atomic E-state index is -0.219. The van der Waals surface area contributed by atoms with Gasteiger partial charge in [-0.1, -0.05) is 36.4 Å². The summed E-state index contributed by atoms with van der Waals surface area (Å²) >= 11 is 0. The molecule has 1 heterocycles. The summed E-state index contributed by atoms with van der Waals surface area (Å²) in [5.41, 5.74) is 3.50. The minimum Gasteiger partial charge on any atom is -0.393 e. The third-order valence-electron chi connectivity index (χ3n) is 5.43. The number of hydrogen-bond acceptors (Lipinski definition) is 3. The smallest absolute Gasteiger partial charge is 0.194 e. The number of aliphatic hydroxyl groups excluding tert-OH is 1. The van der Waals surface area contributed by atoms with Crippen LogP contribution in [0.25, 0.3) is 0 Å². The van der Waals surface area contributed by atoms with Gasteiger partial charge in [-0.25, -0.2) is 9.38 Å². The van der Waals surface area contributed by atoms with Gasteiger partial charge in [-0.15, -0.1) is 0 Å². The fourth-order valence-electron chi connectivity index (χ4n) is 3.66. The van der Waals surface area contributed by atoms with E-state index in [4.69, 9.17) is 4.99 Å². The molecule has 30 heavy (non-hydrogen) atoms. The average molecular weight is 413 g/mol. The Morgan fingerprint density at radius 2 is 1.67 bits per heavy atom. The average Bonchev–Trinajstić information content (AvgIpc) is 2.75. The molecule has 1 aliphatic heterocycles. The highest BCUT2D eigenvalue weighted by molar-refractivity contribution is 5.79. The number of piperidine rings is 1. The molecule has 1 saturated heterocycles. The van der Waals surface area contributed by atoms with Gasteiger partial charge in [0.05, 0.1) is 12.6 Å². The summed E-state index contributed by atoms with van der Waals surface area (Å²) in [6.07, 6.45) is 1.60. The van der Waals surface area contributed by atoms with Crippen molar-refractivity contribution in [3.63, 3.8) is 0 Å². The topological polar surface area (TPSA) is 51.1 Å². The van der Waals surface area contributed by atoms with Crippen LogP contribution in [0.15, 0.2) is 53.5 Å². The van der Waals surface area contributed by atoms with E-state index in [1.807, 2.05) is 7.05 Å². The number of nitrogens with one attached hydrogen (secondary N) is 1. The van der Waals surface area contributed by atoms with Gasteiger partial charge in [0.25, 0.3) is 0 Å². The number of hydrogen-bond donors (Lipinski definition) is 2. The number of halogens is 1. The molecule has 162 valence electrons. The molecule has 1 fully saturated rings. The zero-order valence-electron chi connectivity index (χ0n) is 18.0. The Kier molecular flexibility index (Phi) is 8.22. The SMILES string of the molecule is CCNC(=NCc1ccc(CN2CCC(O)CC2)cc1)N(C)Cc1ccc(F)cc1. The lowest BCUT2D eigenvalue weighted by Crippen LogP contribution is -2.38. The molecule has 2 N–H and O–H groups in total. The Morgan fingerprint density at radius 3 is 2.30 bits per heavy atom. The monoisotopic (exact) mass is 412 g/mol. The van der Waals surface area contributed by atoms with Gasteiger partial charge in [0.2, 0.25) is 0 Å². The molecule has 3 rings (SSSR count). The standard InChI is InChI=1S/C24H33FN4O/c1-3-26-24(28(2)17-20-8-10-22(25)11-9-20)27-16-19-4-6-21(7-5-19)18-29-14-12-23(30)13-15-29/h4-11,23,30H,3,12-18H2,1-2H3,(H,26,27).